The lowest BCUT2D eigenvalue weighted by atomic mass is 9.87. The van der Waals surface area contributed by atoms with Gasteiger partial charge in [-0.15, -0.1) is 0 Å². The predicted octanol–water partition coefficient (Wildman–Crippen LogP) is 5.64. The highest BCUT2D eigenvalue weighted by Gasteiger charge is 2.35. The minimum atomic E-state index is -1.96. The van der Waals surface area contributed by atoms with Gasteiger partial charge in [-0.05, 0) is 94.8 Å². The highest BCUT2D eigenvalue weighted by molar-refractivity contribution is 7.79. The van der Waals surface area contributed by atoms with Gasteiger partial charge in [-0.3, -0.25) is 9.80 Å². The van der Waals surface area contributed by atoms with E-state index in [2.05, 4.69) is 12.1 Å². The Bertz CT molecular complexity index is 1600. The van der Waals surface area contributed by atoms with E-state index in [0.717, 1.165) is 38.8 Å². The Balaban J connectivity index is 1.59. The van der Waals surface area contributed by atoms with Gasteiger partial charge in [-0.2, -0.15) is 0 Å². The van der Waals surface area contributed by atoms with E-state index >= 15 is 0 Å². The van der Waals surface area contributed by atoms with Crippen molar-refractivity contribution in [2.45, 2.75) is 78.7 Å². The average molecular weight is 627 g/mol. The number of hydrogen-bond donors (Lipinski definition) is 1. The molecule has 1 aromatic carbocycles. The van der Waals surface area contributed by atoms with Crippen molar-refractivity contribution in [3.63, 3.8) is 0 Å². The molecule has 0 aliphatic carbocycles. The van der Waals surface area contributed by atoms with Gasteiger partial charge >= 0.3 is 12.2 Å². The fourth-order valence-corrected chi connectivity index (χ4v) is 6.29. The smallest absolute Gasteiger partial charge is 0.420 e. The Labute approximate surface area is 260 Å². The third-order valence-corrected chi connectivity index (χ3v) is 8.22. The number of carbonyl (C=O) groups is 2. The van der Waals surface area contributed by atoms with Crippen molar-refractivity contribution in [3.05, 3.63) is 52.8 Å². The summed E-state index contributed by atoms with van der Waals surface area (Å²) in [4.78, 5) is 34.6. The molecule has 2 aliphatic heterocycles. The maximum Gasteiger partial charge on any atom is 0.420 e. The van der Waals surface area contributed by atoms with Crippen molar-refractivity contribution in [1.82, 2.24) is 19.4 Å². The van der Waals surface area contributed by atoms with Crippen LogP contribution in [-0.2, 0) is 38.3 Å². The van der Waals surface area contributed by atoms with Crippen LogP contribution in [0.4, 0.5) is 9.59 Å². The molecule has 44 heavy (non-hydrogen) atoms. The van der Waals surface area contributed by atoms with E-state index in [4.69, 9.17) is 19.2 Å². The molecular weight excluding hydrogens is 584 g/mol. The molecule has 11 nitrogen and oxygen atoms in total. The molecule has 2 atom stereocenters. The molecule has 3 aromatic rings. The first-order valence-corrected chi connectivity index (χ1v) is 16.1. The van der Waals surface area contributed by atoms with Gasteiger partial charge in [0.1, 0.15) is 22.7 Å². The molecule has 1 amide bonds. The molecule has 12 heteroatoms. The highest BCUT2D eigenvalue weighted by Crippen LogP contribution is 2.37. The fraction of sp³-hybridized carbons (Fsp3) is 0.531. The van der Waals surface area contributed by atoms with Gasteiger partial charge in [0.15, 0.2) is 11.1 Å². The quantitative estimate of drug-likeness (QED) is 0.367. The van der Waals surface area contributed by atoms with E-state index in [-0.39, 0.29) is 5.88 Å². The molecule has 5 rings (SSSR count). The zero-order chi connectivity index (χ0) is 32.0. The molecule has 0 radical (unpaired) electrons. The molecule has 2 aliphatic rings. The van der Waals surface area contributed by atoms with Crippen LogP contribution >= 0.6 is 0 Å². The summed E-state index contributed by atoms with van der Waals surface area (Å²) in [6, 6.07) is 5.82. The van der Waals surface area contributed by atoms with Crippen LogP contribution < -0.4 is 0 Å². The third kappa shape index (κ3) is 7.14. The number of aromatic nitrogens is 2. The van der Waals surface area contributed by atoms with Crippen molar-refractivity contribution in [2.24, 2.45) is 0 Å². The molecule has 1 unspecified atom stereocenters. The molecular formula is C32H42N4O7S. The second-order valence-corrected chi connectivity index (χ2v) is 14.4. The Morgan fingerprint density at radius 3 is 2.43 bits per heavy atom. The standard InChI is InChI=1S/C32H42N4O7S/c1-20-16-36(30(38)43-32(5,6)7)28-24(20)14-23(15-33-28)22-12-21-8-9-34(19-44(39)40)17-26(21)25(13-22)27-18-41-11-10-35(27)29(37)42-31(2,3)4/h12-16,27H,8-11,17-19H2,1-7H3,(H,39,40)/t27-/m0/s1. The predicted molar refractivity (Wildman–Crippen MR) is 168 cm³/mol. The summed E-state index contributed by atoms with van der Waals surface area (Å²) >= 11 is -1.96. The number of carbonyl (C=O) groups excluding carboxylic acids is 2. The molecule has 0 bridgehead atoms. The van der Waals surface area contributed by atoms with Crippen molar-refractivity contribution in [1.29, 1.82) is 0 Å². The molecule has 238 valence electrons. The Morgan fingerprint density at radius 1 is 1.05 bits per heavy atom. The van der Waals surface area contributed by atoms with Crippen molar-refractivity contribution < 1.29 is 32.6 Å². The minimum Gasteiger partial charge on any atom is -0.444 e. The number of benzene rings is 1. The average Bonchev–Trinajstić information content (AvgIpc) is 3.26. The van der Waals surface area contributed by atoms with E-state index < -0.39 is 40.5 Å². The first-order valence-electron chi connectivity index (χ1n) is 14.8. The van der Waals surface area contributed by atoms with Crippen LogP contribution in [0.25, 0.3) is 22.2 Å². The van der Waals surface area contributed by atoms with Gasteiger partial charge < -0.3 is 18.8 Å². The normalized spacial score (nSPS) is 18.6. The minimum absolute atomic E-state index is 0.0477. The first kappa shape index (κ1) is 32.1. The molecule has 1 fully saturated rings. The van der Waals surface area contributed by atoms with Crippen LogP contribution in [0.3, 0.4) is 0 Å². The number of nitrogens with zero attached hydrogens (tertiary/aromatic N) is 4. The van der Waals surface area contributed by atoms with Crippen LogP contribution in [0.1, 0.15) is 69.8 Å². The first-order chi connectivity index (χ1) is 20.6. The SMILES string of the molecule is Cc1cn(C(=O)OC(C)(C)C)c2ncc(-c3cc4c(c([C@@H]5COCCN5C(=O)OC(C)(C)C)c3)CN(CS(=O)O)CC4)cc12. The van der Waals surface area contributed by atoms with E-state index in [1.54, 1.807) is 17.3 Å². The lowest BCUT2D eigenvalue weighted by Gasteiger charge is -2.39. The summed E-state index contributed by atoms with van der Waals surface area (Å²) in [5, 5.41) is 0.834. The van der Waals surface area contributed by atoms with Crippen LogP contribution in [0, 0.1) is 6.92 Å². The number of hydrogen-bond acceptors (Lipinski definition) is 8. The Hall–Kier alpha value is -3.32. The number of pyridine rings is 1. The lowest BCUT2D eigenvalue weighted by Crippen LogP contribution is -2.46. The molecule has 0 spiro atoms. The summed E-state index contributed by atoms with van der Waals surface area (Å²) < 4.78 is 40.0. The zero-order valence-electron chi connectivity index (χ0n) is 26.5. The van der Waals surface area contributed by atoms with Gasteiger partial charge in [-0.1, -0.05) is 6.07 Å². The van der Waals surface area contributed by atoms with Gasteiger partial charge in [0.2, 0.25) is 0 Å². The molecule has 2 aromatic heterocycles. The summed E-state index contributed by atoms with van der Waals surface area (Å²) in [5.74, 6) is 0.0477. The van der Waals surface area contributed by atoms with Crippen molar-refractivity contribution in [2.75, 3.05) is 32.2 Å². The Morgan fingerprint density at radius 2 is 1.75 bits per heavy atom. The van der Waals surface area contributed by atoms with Gasteiger partial charge in [-0.25, -0.2) is 23.3 Å². The summed E-state index contributed by atoms with van der Waals surface area (Å²) in [6.07, 6.45) is 3.28. The number of ether oxygens (including phenoxy) is 3. The van der Waals surface area contributed by atoms with Crippen LogP contribution in [-0.4, -0.2) is 83.7 Å². The second-order valence-electron chi connectivity index (χ2n) is 13.5. The number of rotatable bonds is 4. The summed E-state index contributed by atoms with van der Waals surface area (Å²) in [6.45, 7) is 15.1. The molecule has 0 saturated carbocycles. The molecule has 1 saturated heterocycles. The second kappa shape index (κ2) is 12.2. The largest absolute Gasteiger partial charge is 0.444 e. The van der Waals surface area contributed by atoms with Gasteiger partial charge in [0, 0.05) is 43.0 Å². The topological polar surface area (TPSA) is 123 Å². The van der Waals surface area contributed by atoms with E-state index in [9.17, 15) is 18.4 Å². The van der Waals surface area contributed by atoms with E-state index in [1.807, 2.05) is 59.4 Å². The maximum atomic E-state index is 13.4. The Kier molecular flexibility index (Phi) is 8.92. The van der Waals surface area contributed by atoms with Gasteiger partial charge in [0.05, 0.1) is 19.3 Å². The lowest BCUT2D eigenvalue weighted by molar-refractivity contribution is -0.0334. The highest BCUT2D eigenvalue weighted by atomic mass is 32.2. The monoisotopic (exact) mass is 626 g/mol. The summed E-state index contributed by atoms with van der Waals surface area (Å²) in [7, 11) is 0. The fourth-order valence-electron chi connectivity index (χ4n) is 5.76. The van der Waals surface area contributed by atoms with Gasteiger partial charge in [0.25, 0.3) is 0 Å². The van der Waals surface area contributed by atoms with Crippen LogP contribution in [0.5, 0.6) is 0 Å². The van der Waals surface area contributed by atoms with Crippen LogP contribution in [0.15, 0.2) is 30.6 Å². The summed E-state index contributed by atoms with van der Waals surface area (Å²) in [5.41, 5.74) is 4.95. The third-order valence-electron chi connectivity index (χ3n) is 7.63. The van der Waals surface area contributed by atoms with E-state index in [0.29, 0.717) is 44.9 Å². The van der Waals surface area contributed by atoms with Crippen molar-refractivity contribution in [3.8, 4) is 11.1 Å². The van der Waals surface area contributed by atoms with Crippen LogP contribution in [0.2, 0.25) is 0 Å². The van der Waals surface area contributed by atoms with Crippen molar-refractivity contribution >= 4 is 34.3 Å². The number of aryl methyl sites for hydroxylation is 1. The van der Waals surface area contributed by atoms with E-state index in [1.165, 1.54) is 4.57 Å². The maximum absolute atomic E-state index is 13.4. The number of morpholine rings is 1. The molecule has 1 N–H and O–H groups in total. The molecule has 4 heterocycles. The zero-order valence-corrected chi connectivity index (χ0v) is 27.3. The number of amides is 1. The number of fused-ring (bicyclic) bond motifs is 2.